The number of ether oxygens (including phenoxy) is 2. The second-order valence-corrected chi connectivity index (χ2v) is 14.0. The SMILES string of the molecule is CC(=O)O[C@H]1CC[C@]2(C)C3=C(C[C@H](OC(C)=O)[C@H]2C1)[C@]1(C)CC[C@H]([C@H](C)CCCC(C)C)[C@@]1(C)CC3. The van der Waals surface area contributed by atoms with Crippen LogP contribution in [0.15, 0.2) is 11.1 Å². The molecule has 0 aromatic heterocycles. The molecule has 4 nitrogen and oxygen atoms in total. The van der Waals surface area contributed by atoms with Gasteiger partial charge in [0.1, 0.15) is 12.2 Å². The van der Waals surface area contributed by atoms with Crippen molar-refractivity contribution in [2.75, 3.05) is 0 Å². The Hall–Kier alpha value is -1.32. The summed E-state index contributed by atoms with van der Waals surface area (Å²) >= 11 is 0. The summed E-state index contributed by atoms with van der Waals surface area (Å²) in [5.74, 6) is 2.14. The Morgan fingerprint density at radius 3 is 2.25 bits per heavy atom. The molecule has 0 bridgehead atoms. The zero-order chi connectivity index (χ0) is 26.5. The minimum atomic E-state index is -0.205. The first-order valence-corrected chi connectivity index (χ1v) is 14.9. The summed E-state index contributed by atoms with van der Waals surface area (Å²) < 4.78 is 11.8. The summed E-state index contributed by atoms with van der Waals surface area (Å²) in [6.07, 6.45) is 12.4. The lowest BCUT2D eigenvalue weighted by molar-refractivity contribution is -0.163. The number of carbonyl (C=O) groups is 2. The van der Waals surface area contributed by atoms with E-state index in [-0.39, 0.29) is 40.9 Å². The van der Waals surface area contributed by atoms with Crippen LogP contribution in [0.5, 0.6) is 0 Å². The standard InChI is InChI=1S/C32H52O4/c1-20(2)10-9-11-21(3)25-13-16-32(8)27-19-29(36-23(5)34)28-18-24(35-22(4)33)12-15-30(28,6)26(27)14-17-31(25,32)7/h20-21,24-25,28-29H,9-19H2,1-8H3/t21-,24+,25-,28-,29+,30-,31-,32+/m1/s1. The lowest BCUT2D eigenvalue weighted by Crippen LogP contribution is -2.54. The molecular formula is C32H52O4. The van der Waals surface area contributed by atoms with E-state index in [2.05, 4.69) is 41.5 Å². The number of rotatable bonds is 7. The Bertz CT molecular complexity index is 889. The topological polar surface area (TPSA) is 52.6 Å². The van der Waals surface area contributed by atoms with Gasteiger partial charge in [0.05, 0.1) is 0 Å². The molecule has 0 unspecified atom stereocenters. The molecule has 2 fully saturated rings. The van der Waals surface area contributed by atoms with Gasteiger partial charge < -0.3 is 9.47 Å². The normalized spacial score (nSPS) is 40.8. The Balaban J connectivity index is 1.65. The quantitative estimate of drug-likeness (QED) is 0.262. The number of esters is 2. The van der Waals surface area contributed by atoms with Gasteiger partial charge in [-0.15, -0.1) is 0 Å². The van der Waals surface area contributed by atoms with Crippen molar-refractivity contribution in [2.24, 2.45) is 39.9 Å². The van der Waals surface area contributed by atoms with E-state index in [0.717, 1.165) is 43.4 Å². The third kappa shape index (κ3) is 4.68. The van der Waals surface area contributed by atoms with E-state index in [1.165, 1.54) is 51.9 Å². The Kier molecular flexibility index (Phi) is 7.77. The molecule has 0 spiro atoms. The van der Waals surface area contributed by atoms with Crippen molar-refractivity contribution in [3.05, 3.63) is 11.1 Å². The summed E-state index contributed by atoms with van der Waals surface area (Å²) in [6, 6.07) is 0. The lowest BCUT2D eigenvalue weighted by Gasteiger charge is -2.60. The third-order valence-corrected chi connectivity index (χ3v) is 11.6. The van der Waals surface area contributed by atoms with Gasteiger partial charge in [0, 0.05) is 26.2 Å². The zero-order valence-corrected chi connectivity index (χ0v) is 24.4. The van der Waals surface area contributed by atoms with Crippen LogP contribution in [0.3, 0.4) is 0 Å². The number of allylic oxidation sites excluding steroid dienone is 1. The third-order valence-electron chi connectivity index (χ3n) is 11.6. The smallest absolute Gasteiger partial charge is 0.302 e. The number of fused-ring (bicyclic) bond motifs is 4. The van der Waals surface area contributed by atoms with E-state index >= 15 is 0 Å². The Morgan fingerprint density at radius 1 is 0.917 bits per heavy atom. The van der Waals surface area contributed by atoms with Gasteiger partial charge in [-0.05, 0) is 78.9 Å². The average Bonchev–Trinajstić information content (AvgIpc) is 3.05. The van der Waals surface area contributed by atoms with Crippen LogP contribution in [-0.2, 0) is 19.1 Å². The van der Waals surface area contributed by atoms with E-state index in [9.17, 15) is 9.59 Å². The van der Waals surface area contributed by atoms with Crippen molar-refractivity contribution in [1.82, 2.24) is 0 Å². The van der Waals surface area contributed by atoms with Gasteiger partial charge in [0.2, 0.25) is 0 Å². The van der Waals surface area contributed by atoms with E-state index in [1.807, 2.05) is 0 Å². The maximum atomic E-state index is 12.2. The van der Waals surface area contributed by atoms with Gasteiger partial charge in [-0.25, -0.2) is 0 Å². The highest BCUT2D eigenvalue weighted by molar-refractivity contribution is 5.66. The van der Waals surface area contributed by atoms with Gasteiger partial charge in [-0.3, -0.25) is 9.59 Å². The fourth-order valence-corrected chi connectivity index (χ4v) is 9.49. The molecule has 36 heavy (non-hydrogen) atoms. The first-order valence-electron chi connectivity index (χ1n) is 14.9. The van der Waals surface area contributed by atoms with Crippen LogP contribution in [0.25, 0.3) is 0 Å². The Labute approximate surface area is 220 Å². The molecule has 4 aliphatic carbocycles. The van der Waals surface area contributed by atoms with Gasteiger partial charge in [-0.1, -0.05) is 72.0 Å². The molecule has 0 aliphatic heterocycles. The van der Waals surface area contributed by atoms with Crippen molar-refractivity contribution >= 4 is 11.9 Å². The van der Waals surface area contributed by atoms with Crippen LogP contribution in [-0.4, -0.2) is 24.1 Å². The van der Waals surface area contributed by atoms with Crippen LogP contribution in [0, 0.1) is 39.9 Å². The number of hydrogen-bond donors (Lipinski definition) is 0. The average molecular weight is 501 g/mol. The van der Waals surface area contributed by atoms with Gasteiger partial charge in [0.15, 0.2) is 0 Å². The molecule has 0 radical (unpaired) electrons. The fraction of sp³-hybridized carbons (Fsp3) is 0.875. The molecule has 0 N–H and O–H groups in total. The maximum Gasteiger partial charge on any atom is 0.302 e. The van der Waals surface area contributed by atoms with Crippen LogP contribution in [0.2, 0.25) is 0 Å². The van der Waals surface area contributed by atoms with Crippen LogP contribution in [0.1, 0.15) is 126 Å². The molecular weight excluding hydrogens is 448 g/mol. The predicted octanol–water partition coefficient (Wildman–Crippen LogP) is 8.04. The predicted molar refractivity (Wildman–Crippen MR) is 144 cm³/mol. The molecule has 4 aliphatic rings. The first-order chi connectivity index (χ1) is 16.8. The molecule has 0 aromatic rings. The van der Waals surface area contributed by atoms with Crippen LogP contribution in [0.4, 0.5) is 0 Å². The van der Waals surface area contributed by atoms with Crippen molar-refractivity contribution in [3.63, 3.8) is 0 Å². The molecule has 0 amide bonds. The second-order valence-electron chi connectivity index (χ2n) is 14.0. The van der Waals surface area contributed by atoms with Crippen molar-refractivity contribution in [2.45, 2.75) is 138 Å². The zero-order valence-electron chi connectivity index (χ0n) is 24.4. The van der Waals surface area contributed by atoms with Crippen molar-refractivity contribution in [1.29, 1.82) is 0 Å². The minimum absolute atomic E-state index is 0.0235. The summed E-state index contributed by atoms with van der Waals surface area (Å²) in [6.45, 7) is 17.8. The fourth-order valence-electron chi connectivity index (χ4n) is 9.49. The van der Waals surface area contributed by atoms with Gasteiger partial charge in [0.25, 0.3) is 0 Å². The number of carbonyl (C=O) groups excluding carboxylic acids is 2. The summed E-state index contributed by atoms with van der Waals surface area (Å²) in [5, 5.41) is 0. The molecule has 0 saturated heterocycles. The van der Waals surface area contributed by atoms with E-state index in [4.69, 9.17) is 9.47 Å². The van der Waals surface area contributed by atoms with Gasteiger partial charge in [-0.2, -0.15) is 0 Å². The highest BCUT2D eigenvalue weighted by Crippen LogP contribution is 2.71. The lowest BCUT2D eigenvalue weighted by atomic mass is 9.46. The molecule has 0 heterocycles. The largest absolute Gasteiger partial charge is 0.463 e. The monoisotopic (exact) mass is 500 g/mol. The molecule has 8 atom stereocenters. The van der Waals surface area contributed by atoms with Crippen LogP contribution < -0.4 is 0 Å². The highest BCUT2D eigenvalue weighted by Gasteiger charge is 2.63. The van der Waals surface area contributed by atoms with E-state index < -0.39 is 0 Å². The Morgan fingerprint density at radius 2 is 1.61 bits per heavy atom. The summed E-state index contributed by atoms with van der Waals surface area (Å²) in [7, 11) is 0. The second kappa shape index (κ2) is 10.1. The van der Waals surface area contributed by atoms with E-state index in [1.54, 1.807) is 18.1 Å². The number of hydrogen-bond acceptors (Lipinski definition) is 4. The van der Waals surface area contributed by atoms with Crippen LogP contribution >= 0.6 is 0 Å². The van der Waals surface area contributed by atoms with Gasteiger partial charge >= 0.3 is 11.9 Å². The van der Waals surface area contributed by atoms with Crippen molar-refractivity contribution < 1.29 is 19.1 Å². The summed E-state index contributed by atoms with van der Waals surface area (Å²) in [4.78, 5) is 24.0. The van der Waals surface area contributed by atoms with E-state index in [0.29, 0.717) is 5.41 Å². The molecule has 4 rings (SSSR count). The molecule has 4 heteroatoms. The maximum absolute atomic E-state index is 12.2. The molecule has 204 valence electrons. The summed E-state index contributed by atoms with van der Waals surface area (Å²) in [5.41, 5.74) is 3.81. The molecule has 0 aromatic carbocycles. The molecule has 2 saturated carbocycles. The van der Waals surface area contributed by atoms with Crippen molar-refractivity contribution in [3.8, 4) is 0 Å². The minimum Gasteiger partial charge on any atom is -0.463 e. The highest BCUT2D eigenvalue weighted by atomic mass is 16.5. The first kappa shape index (κ1) is 27.7.